The van der Waals surface area contributed by atoms with Crippen molar-refractivity contribution in [1.82, 2.24) is 0 Å². The molecule has 0 fully saturated rings. The second-order valence-corrected chi connectivity index (χ2v) is 10.0. The van der Waals surface area contributed by atoms with Gasteiger partial charge in [0.1, 0.15) is 5.82 Å². The minimum atomic E-state index is -3.41. The fraction of sp³-hybridized carbons (Fsp3) is 0.0714. The van der Waals surface area contributed by atoms with Crippen LogP contribution in [0.4, 0.5) is 4.39 Å². The van der Waals surface area contributed by atoms with Crippen LogP contribution in [0.1, 0.15) is 26.3 Å². The number of carbonyl (C=O) groups excluding carboxylic acids is 2. The fourth-order valence-electron chi connectivity index (χ4n) is 3.81. The topological polar surface area (TPSA) is 68.3 Å². The predicted octanol–water partition coefficient (Wildman–Crippen LogP) is 5.94. The first kappa shape index (κ1) is 23.3. The molecule has 170 valence electrons. The Hall–Kier alpha value is -3.90. The highest BCUT2D eigenvalue weighted by molar-refractivity contribution is 7.90. The Bertz CT molecular complexity index is 1510. The number of rotatable bonds is 6. The average molecular weight is 473 g/mol. The molecule has 0 N–H and O–H groups in total. The van der Waals surface area contributed by atoms with Gasteiger partial charge in [0.05, 0.1) is 4.90 Å². The molecule has 4 aromatic rings. The highest BCUT2D eigenvalue weighted by Crippen LogP contribution is 2.38. The number of halogens is 1. The number of sulfone groups is 1. The first-order valence-corrected chi connectivity index (χ1v) is 12.4. The molecule has 0 spiro atoms. The standard InChI is InChI=1S/C28H21FO4S/c1-18-12-17-23(25(26(18)29)19-13-15-21(16-14-19)34(2,32)33)22-10-6-7-11-24(22)28(31)27(30)20-8-4-3-5-9-20/h3-17H,1-2H3. The zero-order valence-electron chi connectivity index (χ0n) is 18.6. The second kappa shape index (κ2) is 9.15. The Morgan fingerprint density at radius 1 is 0.706 bits per heavy atom. The van der Waals surface area contributed by atoms with Crippen molar-refractivity contribution in [3.63, 3.8) is 0 Å². The summed E-state index contributed by atoms with van der Waals surface area (Å²) >= 11 is 0. The lowest BCUT2D eigenvalue weighted by molar-refractivity contribution is 0.0817. The predicted molar refractivity (Wildman–Crippen MR) is 130 cm³/mol. The Morgan fingerprint density at radius 3 is 1.97 bits per heavy atom. The van der Waals surface area contributed by atoms with Gasteiger partial charge >= 0.3 is 0 Å². The lowest BCUT2D eigenvalue weighted by atomic mass is 9.88. The summed E-state index contributed by atoms with van der Waals surface area (Å²) in [5.74, 6) is -1.83. The van der Waals surface area contributed by atoms with Gasteiger partial charge in [-0.2, -0.15) is 0 Å². The molecule has 0 aromatic heterocycles. The van der Waals surface area contributed by atoms with E-state index >= 15 is 4.39 Å². The highest BCUT2D eigenvalue weighted by Gasteiger charge is 2.24. The lowest BCUT2D eigenvalue weighted by Gasteiger charge is -2.16. The minimum Gasteiger partial charge on any atom is -0.285 e. The van der Waals surface area contributed by atoms with E-state index in [0.29, 0.717) is 22.3 Å². The summed E-state index contributed by atoms with van der Waals surface area (Å²) in [5.41, 5.74) is 2.36. The van der Waals surface area contributed by atoms with Crippen molar-refractivity contribution < 1.29 is 22.4 Å². The van der Waals surface area contributed by atoms with Crippen molar-refractivity contribution in [1.29, 1.82) is 0 Å². The van der Waals surface area contributed by atoms with Crippen molar-refractivity contribution in [2.24, 2.45) is 0 Å². The lowest BCUT2D eigenvalue weighted by Crippen LogP contribution is -2.15. The van der Waals surface area contributed by atoms with Gasteiger partial charge in [-0.25, -0.2) is 12.8 Å². The molecule has 0 bridgehead atoms. The summed E-state index contributed by atoms with van der Waals surface area (Å²) < 4.78 is 39.1. The van der Waals surface area contributed by atoms with Gasteiger partial charge in [0.15, 0.2) is 9.84 Å². The molecule has 0 saturated heterocycles. The van der Waals surface area contributed by atoms with E-state index in [1.807, 2.05) is 0 Å². The molecule has 4 nitrogen and oxygen atoms in total. The summed E-state index contributed by atoms with van der Waals surface area (Å²) in [6, 6.07) is 24.1. The molecule has 0 saturated carbocycles. The van der Waals surface area contributed by atoms with Crippen LogP contribution < -0.4 is 0 Å². The van der Waals surface area contributed by atoms with Crippen LogP contribution in [0, 0.1) is 12.7 Å². The molecule has 4 rings (SSSR count). The normalized spacial score (nSPS) is 11.3. The van der Waals surface area contributed by atoms with Gasteiger partial charge in [0, 0.05) is 22.9 Å². The minimum absolute atomic E-state index is 0.120. The molecule has 4 aromatic carbocycles. The van der Waals surface area contributed by atoms with Crippen LogP contribution in [-0.4, -0.2) is 26.2 Å². The van der Waals surface area contributed by atoms with Crippen molar-refractivity contribution in [2.75, 3.05) is 6.26 Å². The third-order valence-electron chi connectivity index (χ3n) is 5.61. The van der Waals surface area contributed by atoms with Crippen LogP contribution >= 0.6 is 0 Å². The molecule has 0 aliphatic heterocycles. The van der Waals surface area contributed by atoms with Crippen molar-refractivity contribution in [3.05, 3.63) is 114 Å². The number of hydrogen-bond acceptors (Lipinski definition) is 4. The molecule has 0 heterocycles. The van der Waals surface area contributed by atoms with Crippen LogP contribution in [0.2, 0.25) is 0 Å². The van der Waals surface area contributed by atoms with Crippen LogP contribution in [-0.2, 0) is 9.84 Å². The zero-order chi connectivity index (χ0) is 24.5. The van der Waals surface area contributed by atoms with Crippen LogP contribution in [0.3, 0.4) is 0 Å². The molecular weight excluding hydrogens is 451 g/mol. The van der Waals surface area contributed by atoms with Crippen LogP contribution in [0.5, 0.6) is 0 Å². The first-order valence-electron chi connectivity index (χ1n) is 10.5. The van der Waals surface area contributed by atoms with E-state index in [9.17, 15) is 18.0 Å². The Balaban J connectivity index is 1.88. The molecule has 0 radical (unpaired) electrons. The van der Waals surface area contributed by atoms with Gasteiger partial charge < -0.3 is 0 Å². The fourth-order valence-corrected chi connectivity index (χ4v) is 4.45. The maximum absolute atomic E-state index is 15.5. The van der Waals surface area contributed by atoms with E-state index in [1.54, 1.807) is 73.7 Å². The zero-order valence-corrected chi connectivity index (χ0v) is 19.4. The van der Waals surface area contributed by atoms with Gasteiger partial charge in [0.25, 0.3) is 0 Å². The van der Waals surface area contributed by atoms with Crippen molar-refractivity contribution in [3.8, 4) is 22.3 Å². The molecule has 0 aliphatic rings. The Morgan fingerprint density at radius 2 is 1.32 bits per heavy atom. The van der Waals surface area contributed by atoms with E-state index in [2.05, 4.69) is 0 Å². The highest BCUT2D eigenvalue weighted by atomic mass is 32.2. The van der Waals surface area contributed by atoms with E-state index in [1.165, 1.54) is 24.3 Å². The van der Waals surface area contributed by atoms with Crippen LogP contribution in [0.25, 0.3) is 22.3 Å². The number of benzene rings is 4. The van der Waals surface area contributed by atoms with Gasteiger partial charge in [-0.05, 0) is 41.3 Å². The summed E-state index contributed by atoms with van der Waals surface area (Å²) in [6.45, 7) is 1.63. The Labute approximate surface area is 197 Å². The quantitative estimate of drug-likeness (QED) is 0.257. The number of carbonyl (C=O) groups is 2. The third kappa shape index (κ3) is 4.45. The summed E-state index contributed by atoms with van der Waals surface area (Å²) in [6.07, 6.45) is 1.10. The van der Waals surface area contributed by atoms with Gasteiger partial charge in [0.2, 0.25) is 11.6 Å². The molecule has 6 heteroatoms. The smallest absolute Gasteiger partial charge is 0.234 e. The molecule has 0 amide bonds. The van der Waals surface area contributed by atoms with E-state index in [4.69, 9.17) is 0 Å². The SMILES string of the molecule is Cc1ccc(-c2ccccc2C(=O)C(=O)c2ccccc2)c(-c2ccc(S(C)(=O)=O)cc2)c1F. The second-order valence-electron chi connectivity index (χ2n) is 7.99. The average Bonchev–Trinajstić information content (AvgIpc) is 2.85. The van der Waals surface area contributed by atoms with E-state index < -0.39 is 27.2 Å². The molecular formula is C28H21FO4S. The summed E-state index contributed by atoms with van der Waals surface area (Å²) in [4.78, 5) is 26.2. The number of hydrogen-bond donors (Lipinski definition) is 0. The maximum atomic E-state index is 15.5. The molecule has 0 aliphatic carbocycles. The monoisotopic (exact) mass is 472 g/mol. The molecule has 34 heavy (non-hydrogen) atoms. The molecule has 0 unspecified atom stereocenters. The molecule has 0 atom stereocenters. The maximum Gasteiger partial charge on any atom is 0.234 e. The third-order valence-corrected chi connectivity index (χ3v) is 6.74. The van der Waals surface area contributed by atoms with E-state index in [-0.39, 0.29) is 21.6 Å². The summed E-state index contributed by atoms with van der Waals surface area (Å²) in [7, 11) is -3.41. The van der Waals surface area contributed by atoms with Gasteiger partial charge in [-0.3, -0.25) is 9.59 Å². The van der Waals surface area contributed by atoms with Crippen molar-refractivity contribution >= 4 is 21.4 Å². The Kier molecular flexibility index (Phi) is 6.26. The largest absolute Gasteiger partial charge is 0.285 e. The number of Topliss-reactive ketones (excluding diaryl/α,β-unsaturated/α-hetero) is 2. The first-order chi connectivity index (χ1) is 16.2. The van der Waals surface area contributed by atoms with Gasteiger partial charge in [-0.15, -0.1) is 0 Å². The number of ketones is 2. The van der Waals surface area contributed by atoms with Crippen molar-refractivity contribution in [2.45, 2.75) is 11.8 Å². The van der Waals surface area contributed by atoms with Crippen LogP contribution in [0.15, 0.2) is 95.9 Å². The summed E-state index contributed by atoms with van der Waals surface area (Å²) in [5, 5.41) is 0. The van der Waals surface area contributed by atoms with Gasteiger partial charge in [-0.1, -0.05) is 78.9 Å². The van der Waals surface area contributed by atoms with E-state index in [0.717, 1.165) is 6.26 Å². The number of aryl methyl sites for hydroxylation is 1.